The molecule has 0 spiro atoms. The summed E-state index contributed by atoms with van der Waals surface area (Å²) in [5.41, 5.74) is 0.768. The second kappa shape index (κ2) is 9.05. The molecule has 0 aromatic heterocycles. The smallest absolute Gasteiger partial charge is 0.358 e. The van der Waals surface area contributed by atoms with Crippen LogP contribution in [0.5, 0.6) is 0 Å². The molecule has 0 amide bonds. The predicted octanol–water partition coefficient (Wildman–Crippen LogP) is 5.68. The van der Waals surface area contributed by atoms with Gasteiger partial charge in [0.05, 0.1) is 13.2 Å². The first-order valence-electron chi connectivity index (χ1n) is 12.3. The highest BCUT2D eigenvalue weighted by atomic mass is 16.6. The second-order valence-corrected chi connectivity index (χ2v) is 11.3. The molecule has 0 saturated heterocycles. The molecule has 3 rings (SSSR count). The molecule has 33 heavy (non-hydrogen) atoms. The van der Waals surface area contributed by atoms with Crippen molar-refractivity contribution in [1.29, 1.82) is 0 Å². The number of Topliss-reactive ketones (excluding diaryl/α,β-unsaturated/α-hetero) is 1. The molecule has 0 unspecified atom stereocenters. The number of methoxy groups -OCH3 is 1. The molecule has 2 saturated carbocycles. The third-order valence-electron chi connectivity index (χ3n) is 9.16. The summed E-state index contributed by atoms with van der Waals surface area (Å²) in [6, 6.07) is 0. The Hall–Kier alpha value is -1.88. The molecule has 0 aromatic carbocycles. The third kappa shape index (κ3) is 4.11. The van der Waals surface area contributed by atoms with Crippen molar-refractivity contribution >= 4 is 11.8 Å². The molecule has 1 aliphatic heterocycles. The molecule has 2 fully saturated rings. The number of ketones is 1. The Morgan fingerprint density at radius 3 is 2.48 bits per heavy atom. The van der Waals surface area contributed by atoms with Gasteiger partial charge in [0.2, 0.25) is 5.78 Å². The minimum Gasteiger partial charge on any atom is -0.471 e. The van der Waals surface area contributed by atoms with Crippen molar-refractivity contribution in [3.8, 4) is 0 Å². The summed E-state index contributed by atoms with van der Waals surface area (Å²) in [6.07, 6.45) is 7.29. The Kier molecular flexibility index (Phi) is 7.06. The molecule has 5 heteroatoms. The highest BCUT2D eigenvalue weighted by Crippen LogP contribution is 2.64. The summed E-state index contributed by atoms with van der Waals surface area (Å²) >= 11 is 0. The number of hydrogen-bond donors (Lipinski definition) is 1. The number of hydrogen-bond acceptors (Lipinski definition) is 5. The minimum atomic E-state index is -1.64. The number of allylic oxidation sites excluding steroid dienone is 4. The van der Waals surface area contributed by atoms with Gasteiger partial charge < -0.3 is 14.6 Å². The molecular weight excluding hydrogens is 416 g/mol. The zero-order chi connectivity index (χ0) is 24.8. The number of rotatable bonds is 6. The van der Waals surface area contributed by atoms with Gasteiger partial charge in [-0.05, 0) is 88.9 Å². The minimum absolute atomic E-state index is 0.0757. The number of fused-ring (bicyclic) bond motifs is 1. The number of carbonyl (C=O) groups excluding carboxylic acids is 2. The summed E-state index contributed by atoms with van der Waals surface area (Å²) in [4.78, 5) is 26.3. The van der Waals surface area contributed by atoms with E-state index in [0.29, 0.717) is 17.8 Å². The lowest BCUT2D eigenvalue weighted by Gasteiger charge is -2.61. The van der Waals surface area contributed by atoms with Gasteiger partial charge in [-0.2, -0.15) is 0 Å². The molecule has 184 valence electrons. The maximum Gasteiger partial charge on any atom is 0.358 e. The van der Waals surface area contributed by atoms with E-state index < -0.39 is 11.6 Å². The fourth-order valence-corrected chi connectivity index (χ4v) is 7.03. The summed E-state index contributed by atoms with van der Waals surface area (Å²) in [5, 5.41) is 11.2. The molecule has 1 N–H and O–H groups in total. The topological polar surface area (TPSA) is 72.8 Å². The fourth-order valence-electron chi connectivity index (χ4n) is 7.03. The molecule has 0 bridgehead atoms. The SMILES string of the molecule is C=C1CC[C@H]2[C@](C)(CCC=C(C)C)[C@H](O)CC[C@]2(C)[C@@H]1C[C@]1(C(=O)OC)OC(C)=C(C)C1=O. The van der Waals surface area contributed by atoms with Crippen molar-refractivity contribution in [1.82, 2.24) is 0 Å². The van der Waals surface area contributed by atoms with Crippen LogP contribution in [0.2, 0.25) is 0 Å². The molecule has 0 aromatic rings. The molecule has 5 nitrogen and oxygen atoms in total. The van der Waals surface area contributed by atoms with Gasteiger partial charge in [-0.15, -0.1) is 0 Å². The van der Waals surface area contributed by atoms with E-state index in [1.54, 1.807) is 13.8 Å². The Morgan fingerprint density at radius 1 is 1.27 bits per heavy atom. The summed E-state index contributed by atoms with van der Waals surface area (Å²) in [5.74, 6) is -0.263. The van der Waals surface area contributed by atoms with Crippen LogP contribution in [0.1, 0.15) is 86.5 Å². The Morgan fingerprint density at radius 2 is 1.94 bits per heavy atom. The predicted molar refractivity (Wildman–Crippen MR) is 129 cm³/mol. The van der Waals surface area contributed by atoms with Crippen molar-refractivity contribution in [2.45, 2.75) is 98.2 Å². The lowest BCUT2D eigenvalue weighted by Crippen LogP contribution is -2.58. The Balaban J connectivity index is 1.99. The van der Waals surface area contributed by atoms with E-state index in [1.165, 1.54) is 12.7 Å². The zero-order valence-electron chi connectivity index (χ0n) is 21.5. The van der Waals surface area contributed by atoms with Crippen molar-refractivity contribution in [2.24, 2.45) is 22.7 Å². The van der Waals surface area contributed by atoms with Crippen LogP contribution < -0.4 is 0 Å². The molecule has 2 aliphatic carbocycles. The van der Waals surface area contributed by atoms with E-state index >= 15 is 0 Å². The number of aliphatic hydroxyl groups is 1. The fraction of sp³-hybridized carbons (Fsp3) is 0.714. The van der Waals surface area contributed by atoms with Crippen LogP contribution in [0, 0.1) is 22.7 Å². The second-order valence-electron chi connectivity index (χ2n) is 11.3. The molecule has 0 radical (unpaired) electrons. The van der Waals surface area contributed by atoms with E-state index in [0.717, 1.165) is 37.7 Å². The van der Waals surface area contributed by atoms with Crippen molar-refractivity contribution in [3.63, 3.8) is 0 Å². The average molecular weight is 459 g/mol. The molecule has 1 heterocycles. The van der Waals surface area contributed by atoms with Gasteiger partial charge in [0, 0.05) is 12.0 Å². The number of ether oxygens (including phenoxy) is 2. The van der Waals surface area contributed by atoms with Crippen LogP contribution >= 0.6 is 0 Å². The largest absolute Gasteiger partial charge is 0.471 e. The summed E-state index contributed by atoms with van der Waals surface area (Å²) in [7, 11) is 1.31. The van der Waals surface area contributed by atoms with Gasteiger partial charge in [0.15, 0.2) is 0 Å². The first kappa shape index (κ1) is 25.7. The number of carbonyl (C=O) groups is 2. The summed E-state index contributed by atoms with van der Waals surface area (Å²) in [6.45, 7) is 16.6. The van der Waals surface area contributed by atoms with Crippen LogP contribution in [-0.4, -0.2) is 35.7 Å². The maximum atomic E-state index is 13.3. The average Bonchev–Trinajstić information content (AvgIpc) is 2.97. The Bertz CT molecular complexity index is 894. The van der Waals surface area contributed by atoms with Crippen LogP contribution in [0.3, 0.4) is 0 Å². The van der Waals surface area contributed by atoms with E-state index in [1.807, 2.05) is 0 Å². The van der Waals surface area contributed by atoms with Crippen molar-refractivity contribution in [3.05, 3.63) is 35.1 Å². The van der Waals surface area contributed by atoms with Crippen molar-refractivity contribution < 1.29 is 24.2 Å². The van der Waals surface area contributed by atoms with Crippen molar-refractivity contribution in [2.75, 3.05) is 7.11 Å². The van der Waals surface area contributed by atoms with Crippen LogP contribution in [0.4, 0.5) is 0 Å². The highest BCUT2D eigenvalue weighted by molar-refractivity contribution is 6.16. The van der Waals surface area contributed by atoms with Crippen LogP contribution in [-0.2, 0) is 19.1 Å². The lowest BCUT2D eigenvalue weighted by molar-refractivity contribution is -0.174. The standard InChI is InChI=1S/C28H42O5/c1-17(2)10-9-14-27(7)22-12-11-18(3)21(26(22,6)15-13-23(27)29)16-28(25(31)32-8)24(30)19(4)20(5)33-28/h10,21-23,29H,3,9,11-16H2,1-2,4-8H3/t21-,22-,23-,26-,27+,28+/m1/s1. The number of aliphatic hydroxyl groups excluding tert-OH is 1. The maximum absolute atomic E-state index is 13.3. The number of esters is 1. The first-order chi connectivity index (χ1) is 15.3. The third-order valence-corrected chi connectivity index (χ3v) is 9.16. The lowest BCUT2D eigenvalue weighted by atomic mass is 9.44. The molecule has 6 atom stereocenters. The molecule has 3 aliphatic rings. The monoisotopic (exact) mass is 458 g/mol. The van der Waals surface area contributed by atoms with E-state index in [9.17, 15) is 14.7 Å². The van der Waals surface area contributed by atoms with Gasteiger partial charge in [-0.25, -0.2) is 4.79 Å². The van der Waals surface area contributed by atoms with E-state index in [2.05, 4.69) is 40.3 Å². The van der Waals surface area contributed by atoms with Gasteiger partial charge in [0.25, 0.3) is 5.60 Å². The van der Waals surface area contributed by atoms with Gasteiger partial charge in [-0.3, -0.25) is 4.79 Å². The Labute approximate surface area is 199 Å². The molecular formula is C28H42O5. The highest BCUT2D eigenvalue weighted by Gasteiger charge is 2.62. The quantitative estimate of drug-likeness (QED) is 0.315. The summed E-state index contributed by atoms with van der Waals surface area (Å²) < 4.78 is 11.1. The zero-order valence-corrected chi connectivity index (χ0v) is 21.5. The van der Waals surface area contributed by atoms with Gasteiger partial charge >= 0.3 is 5.97 Å². The van der Waals surface area contributed by atoms with Gasteiger partial charge in [-0.1, -0.05) is 37.6 Å². The van der Waals surface area contributed by atoms with E-state index in [4.69, 9.17) is 9.47 Å². The van der Waals surface area contributed by atoms with Crippen LogP contribution in [0.15, 0.2) is 35.1 Å². The van der Waals surface area contributed by atoms with Crippen LogP contribution in [0.25, 0.3) is 0 Å². The first-order valence-corrected chi connectivity index (χ1v) is 12.3. The normalized spacial score (nSPS) is 38.6. The van der Waals surface area contributed by atoms with Gasteiger partial charge in [0.1, 0.15) is 5.76 Å². The van der Waals surface area contributed by atoms with E-state index in [-0.39, 0.29) is 41.0 Å².